The van der Waals surface area contributed by atoms with Gasteiger partial charge in [-0.1, -0.05) is 48.9 Å². The minimum absolute atomic E-state index is 0.0120. The second-order valence-electron chi connectivity index (χ2n) is 6.58. The Morgan fingerprint density at radius 2 is 2.08 bits per heavy atom. The number of aromatic amines is 1. The quantitative estimate of drug-likeness (QED) is 0.725. The number of nitrogens with one attached hydrogen (secondary N) is 1. The molecule has 2 heterocycles. The maximum absolute atomic E-state index is 13.3. The molecule has 1 aromatic heterocycles. The molecule has 0 radical (unpaired) electrons. The average Bonchev–Trinajstić information content (AvgIpc) is 3.06. The van der Waals surface area contributed by atoms with E-state index in [1.54, 1.807) is 0 Å². The molecule has 1 fully saturated rings. The highest BCUT2D eigenvalue weighted by molar-refractivity contribution is 6.31. The van der Waals surface area contributed by atoms with Gasteiger partial charge >= 0.3 is 0 Å². The smallest absolute Gasteiger partial charge is 0.271 e. The number of fused-ring (bicyclic) bond motifs is 1. The van der Waals surface area contributed by atoms with Gasteiger partial charge in [0.15, 0.2) is 0 Å². The highest BCUT2D eigenvalue weighted by Gasteiger charge is 2.28. The molecule has 1 aliphatic heterocycles. The van der Waals surface area contributed by atoms with Gasteiger partial charge in [0.2, 0.25) is 0 Å². The van der Waals surface area contributed by atoms with Gasteiger partial charge in [-0.05, 0) is 30.2 Å². The van der Waals surface area contributed by atoms with E-state index in [0.717, 1.165) is 28.5 Å². The first-order chi connectivity index (χ1) is 12.7. The van der Waals surface area contributed by atoms with Gasteiger partial charge in [-0.3, -0.25) is 4.79 Å². The molecule has 1 N–H and O–H groups in total. The van der Waals surface area contributed by atoms with Crippen LogP contribution in [0.1, 0.15) is 23.8 Å². The van der Waals surface area contributed by atoms with Crippen molar-refractivity contribution < 1.29 is 9.53 Å². The van der Waals surface area contributed by atoms with Crippen LogP contribution < -0.4 is 0 Å². The number of halogens is 1. The lowest BCUT2D eigenvalue weighted by atomic mass is 10.0. The number of hydrogen-bond donors (Lipinski definition) is 1. The molecule has 1 amide bonds. The molecule has 0 aliphatic carbocycles. The summed E-state index contributed by atoms with van der Waals surface area (Å²) in [5.41, 5.74) is 3.44. The molecule has 4 nitrogen and oxygen atoms in total. The second kappa shape index (κ2) is 7.14. The molecule has 1 atom stereocenters. The second-order valence-corrected chi connectivity index (χ2v) is 7.02. The Hall–Kier alpha value is -2.30. The first-order valence-corrected chi connectivity index (χ1v) is 9.32. The first-order valence-electron chi connectivity index (χ1n) is 8.95. The number of rotatable bonds is 3. The zero-order valence-electron chi connectivity index (χ0n) is 14.7. The molecule has 3 aromatic rings. The minimum atomic E-state index is 0.0120. The predicted molar refractivity (Wildman–Crippen MR) is 105 cm³/mol. The van der Waals surface area contributed by atoms with Gasteiger partial charge in [0, 0.05) is 34.6 Å². The van der Waals surface area contributed by atoms with Crippen LogP contribution >= 0.6 is 11.6 Å². The number of hydrogen-bond acceptors (Lipinski definition) is 2. The summed E-state index contributed by atoms with van der Waals surface area (Å²) in [6.45, 7) is 3.90. The van der Waals surface area contributed by atoms with E-state index in [4.69, 9.17) is 16.3 Å². The summed E-state index contributed by atoms with van der Waals surface area (Å²) >= 11 is 6.23. The third-order valence-electron chi connectivity index (χ3n) is 4.92. The van der Waals surface area contributed by atoms with Gasteiger partial charge in [0.1, 0.15) is 5.69 Å². The number of amides is 1. The fourth-order valence-corrected chi connectivity index (χ4v) is 3.71. The van der Waals surface area contributed by atoms with Crippen LogP contribution in [-0.2, 0) is 4.74 Å². The Balaban J connectivity index is 1.83. The highest BCUT2D eigenvalue weighted by Crippen LogP contribution is 2.34. The third kappa shape index (κ3) is 3.11. The molecule has 2 aromatic carbocycles. The van der Waals surface area contributed by atoms with Crippen LogP contribution in [-0.4, -0.2) is 41.6 Å². The van der Waals surface area contributed by atoms with Gasteiger partial charge in [0.25, 0.3) is 5.91 Å². The van der Waals surface area contributed by atoms with Crippen LogP contribution in [0.3, 0.4) is 0 Å². The molecule has 0 saturated carbocycles. The van der Waals surface area contributed by atoms with E-state index < -0.39 is 0 Å². The molecule has 0 spiro atoms. The molecule has 4 rings (SSSR count). The summed E-state index contributed by atoms with van der Waals surface area (Å²) in [4.78, 5) is 18.5. The maximum Gasteiger partial charge on any atom is 0.271 e. The summed E-state index contributed by atoms with van der Waals surface area (Å²) in [7, 11) is 0. The monoisotopic (exact) mass is 368 g/mol. The number of nitrogens with zero attached hydrogens (tertiary/aromatic N) is 1. The van der Waals surface area contributed by atoms with Crippen LogP contribution in [0.5, 0.6) is 0 Å². The zero-order chi connectivity index (χ0) is 18.1. The summed E-state index contributed by atoms with van der Waals surface area (Å²) in [6, 6.07) is 15.7. The van der Waals surface area contributed by atoms with E-state index in [-0.39, 0.29) is 12.0 Å². The topological polar surface area (TPSA) is 45.3 Å². The van der Waals surface area contributed by atoms with Gasteiger partial charge in [0.05, 0.1) is 12.7 Å². The van der Waals surface area contributed by atoms with E-state index in [9.17, 15) is 4.79 Å². The van der Waals surface area contributed by atoms with Crippen molar-refractivity contribution in [2.75, 3.05) is 19.7 Å². The molecule has 134 valence electrons. The lowest BCUT2D eigenvalue weighted by molar-refractivity contribution is -0.0227. The molecular formula is C21H21ClN2O2. The lowest BCUT2D eigenvalue weighted by Crippen LogP contribution is -2.45. The van der Waals surface area contributed by atoms with Crippen molar-refractivity contribution in [3.63, 3.8) is 0 Å². The fraction of sp³-hybridized carbons (Fsp3) is 0.286. The molecule has 0 bridgehead atoms. The number of morpholine rings is 1. The van der Waals surface area contributed by atoms with Gasteiger partial charge in [-0.15, -0.1) is 0 Å². The van der Waals surface area contributed by atoms with Crippen molar-refractivity contribution in [3.05, 3.63) is 59.2 Å². The Kier molecular flexibility index (Phi) is 4.70. The summed E-state index contributed by atoms with van der Waals surface area (Å²) < 4.78 is 5.71. The van der Waals surface area contributed by atoms with Crippen molar-refractivity contribution in [2.45, 2.75) is 19.4 Å². The molecule has 1 aliphatic rings. The number of aromatic nitrogens is 1. The van der Waals surface area contributed by atoms with Crippen molar-refractivity contribution >= 4 is 28.4 Å². The van der Waals surface area contributed by atoms with Crippen LogP contribution in [0.25, 0.3) is 22.0 Å². The molecule has 0 unspecified atom stereocenters. The van der Waals surface area contributed by atoms with E-state index in [2.05, 4.69) is 11.9 Å². The van der Waals surface area contributed by atoms with Crippen molar-refractivity contribution in [2.24, 2.45) is 0 Å². The van der Waals surface area contributed by atoms with Crippen molar-refractivity contribution in [1.29, 1.82) is 0 Å². The largest absolute Gasteiger partial charge is 0.375 e. The minimum Gasteiger partial charge on any atom is -0.375 e. The van der Waals surface area contributed by atoms with Crippen LogP contribution in [0.15, 0.2) is 48.5 Å². The van der Waals surface area contributed by atoms with Gasteiger partial charge in [-0.2, -0.15) is 0 Å². The Morgan fingerprint density at radius 1 is 1.27 bits per heavy atom. The number of H-pyrrole nitrogens is 1. The predicted octanol–water partition coefficient (Wildman–Crippen LogP) is 4.74. The summed E-state index contributed by atoms with van der Waals surface area (Å²) in [5, 5.41) is 1.62. The van der Waals surface area contributed by atoms with E-state index in [1.165, 1.54) is 0 Å². The lowest BCUT2D eigenvalue weighted by Gasteiger charge is -2.32. The first kappa shape index (κ1) is 17.1. The zero-order valence-corrected chi connectivity index (χ0v) is 15.4. The standard InChI is InChI=1S/C21H21ClN2O2/c1-2-16-13-24(10-11-26-16)21(25)20-19(14-6-4-3-5-7-14)17-12-15(22)8-9-18(17)23-20/h3-9,12,16,23H,2,10-11,13H2,1H3/t16-/m0/s1. The Bertz CT molecular complexity index is 936. The fourth-order valence-electron chi connectivity index (χ4n) is 3.54. The maximum atomic E-state index is 13.3. The molecule has 26 heavy (non-hydrogen) atoms. The molecule has 5 heteroatoms. The van der Waals surface area contributed by atoms with Crippen LogP contribution in [0, 0.1) is 0 Å². The normalized spacial score (nSPS) is 17.6. The number of ether oxygens (including phenoxy) is 1. The Morgan fingerprint density at radius 3 is 2.85 bits per heavy atom. The average molecular weight is 369 g/mol. The number of carbonyl (C=O) groups is 1. The van der Waals surface area contributed by atoms with E-state index in [1.807, 2.05) is 53.4 Å². The summed E-state index contributed by atoms with van der Waals surface area (Å²) in [6.07, 6.45) is 1.00. The number of benzene rings is 2. The van der Waals surface area contributed by atoms with Gasteiger partial charge in [-0.25, -0.2) is 0 Å². The molecule has 1 saturated heterocycles. The van der Waals surface area contributed by atoms with Crippen LogP contribution in [0.2, 0.25) is 5.02 Å². The van der Waals surface area contributed by atoms with Crippen LogP contribution in [0.4, 0.5) is 0 Å². The Labute approximate surface area is 157 Å². The third-order valence-corrected chi connectivity index (χ3v) is 5.15. The highest BCUT2D eigenvalue weighted by atomic mass is 35.5. The van der Waals surface area contributed by atoms with Crippen molar-refractivity contribution in [1.82, 2.24) is 9.88 Å². The van der Waals surface area contributed by atoms with E-state index >= 15 is 0 Å². The molecular weight excluding hydrogens is 348 g/mol. The van der Waals surface area contributed by atoms with E-state index in [0.29, 0.717) is 30.4 Å². The number of carbonyl (C=O) groups excluding carboxylic acids is 1. The van der Waals surface area contributed by atoms with Gasteiger partial charge < -0.3 is 14.6 Å². The summed E-state index contributed by atoms with van der Waals surface area (Å²) in [5.74, 6) is 0.0120. The van der Waals surface area contributed by atoms with Crippen molar-refractivity contribution in [3.8, 4) is 11.1 Å². The SMILES string of the molecule is CC[C@H]1CN(C(=O)c2[nH]c3ccc(Cl)cc3c2-c2ccccc2)CCO1.